The molecule has 8 rings (SSSR count). The van der Waals surface area contributed by atoms with Gasteiger partial charge >= 0.3 is 11.9 Å². The number of fused-ring (bicyclic) bond motifs is 1. The lowest BCUT2D eigenvalue weighted by Crippen LogP contribution is -2.64. The SMILES string of the molecule is COc1cc(C=CC(=O)OCC2OC(OC3=C(c4ccc(O)cc4)OC4C=C(O)C=C(OC5OC(CO)C(O)C(O)C5O)C4=C3)C(OC3OC(COC(=O)C=Cc4ccc(O)cc4)C(O)C(O)C3O)C(O)C2O)ccc1O. The van der Waals surface area contributed by atoms with E-state index in [1.54, 1.807) is 0 Å². The summed E-state index contributed by atoms with van der Waals surface area (Å²) in [6.45, 7) is -2.28. The van der Waals surface area contributed by atoms with Crippen molar-refractivity contribution in [3.8, 4) is 23.0 Å². The van der Waals surface area contributed by atoms with E-state index >= 15 is 0 Å². The minimum Gasteiger partial charge on any atom is -0.508 e. The number of aliphatic hydroxyl groups is 10. The van der Waals surface area contributed by atoms with Gasteiger partial charge in [0.25, 0.3) is 0 Å². The van der Waals surface area contributed by atoms with Crippen LogP contribution in [0.3, 0.4) is 0 Å². The number of carbonyl (C=O) groups is 2. The molecule has 3 fully saturated rings. The van der Waals surface area contributed by atoms with Gasteiger partial charge in [0.05, 0.1) is 13.7 Å². The number of rotatable bonds is 17. The molecule has 16 unspecified atom stereocenters. The van der Waals surface area contributed by atoms with E-state index in [2.05, 4.69) is 0 Å². The molecule has 4 heterocycles. The molecular formula is C52H56O25. The van der Waals surface area contributed by atoms with Crippen molar-refractivity contribution in [2.75, 3.05) is 26.9 Å². The van der Waals surface area contributed by atoms with Crippen molar-refractivity contribution in [1.82, 2.24) is 0 Å². The van der Waals surface area contributed by atoms with Gasteiger partial charge in [0.15, 0.2) is 35.4 Å². The van der Waals surface area contributed by atoms with Crippen molar-refractivity contribution in [2.24, 2.45) is 0 Å². The van der Waals surface area contributed by atoms with Gasteiger partial charge in [-0.1, -0.05) is 18.2 Å². The van der Waals surface area contributed by atoms with Gasteiger partial charge in [-0.2, -0.15) is 0 Å². The van der Waals surface area contributed by atoms with Gasteiger partial charge in [-0.05, 0) is 77.9 Å². The van der Waals surface area contributed by atoms with Gasteiger partial charge in [0, 0.05) is 35.4 Å². The van der Waals surface area contributed by atoms with Crippen LogP contribution in [0.2, 0.25) is 0 Å². The van der Waals surface area contributed by atoms with E-state index in [0.29, 0.717) is 11.1 Å². The predicted molar refractivity (Wildman–Crippen MR) is 258 cm³/mol. The minimum absolute atomic E-state index is 0.00708. The number of esters is 2. The molecule has 3 aromatic rings. The Hall–Kier alpha value is -7.08. The average Bonchev–Trinajstić information content (AvgIpc) is 3.46. The van der Waals surface area contributed by atoms with Crippen molar-refractivity contribution in [3.05, 3.63) is 137 Å². The number of aliphatic hydroxyl groups excluding tert-OH is 10. The van der Waals surface area contributed by atoms with Crippen LogP contribution in [0.25, 0.3) is 17.9 Å². The maximum absolute atomic E-state index is 13.0. The Balaban J connectivity index is 1.10. The van der Waals surface area contributed by atoms with Gasteiger partial charge in [-0.3, -0.25) is 0 Å². The first-order chi connectivity index (χ1) is 36.8. The molecule has 16 atom stereocenters. The normalized spacial score (nSPS) is 32.3. The molecule has 3 aromatic carbocycles. The van der Waals surface area contributed by atoms with Crippen molar-refractivity contribution < 1.29 is 123 Å². The molecule has 13 N–H and O–H groups in total. The number of phenols is 3. The van der Waals surface area contributed by atoms with Gasteiger partial charge in [-0.15, -0.1) is 0 Å². The summed E-state index contributed by atoms with van der Waals surface area (Å²) in [5.74, 6) is -3.24. The number of phenolic OH excluding ortho intramolecular Hbond substituents is 3. The Morgan fingerprint density at radius 3 is 1.77 bits per heavy atom. The Morgan fingerprint density at radius 1 is 0.597 bits per heavy atom. The van der Waals surface area contributed by atoms with E-state index < -0.39 is 136 Å². The molecule has 0 bridgehead atoms. The number of ether oxygens (including phenoxy) is 10. The summed E-state index contributed by atoms with van der Waals surface area (Å²) in [7, 11) is 1.33. The first-order valence-electron chi connectivity index (χ1n) is 23.7. The number of carbonyl (C=O) groups excluding carboxylic acids is 2. The fourth-order valence-corrected chi connectivity index (χ4v) is 8.46. The highest BCUT2D eigenvalue weighted by atomic mass is 16.8. The van der Waals surface area contributed by atoms with Crippen molar-refractivity contribution in [1.29, 1.82) is 0 Å². The summed E-state index contributed by atoms with van der Waals surface area (Å²) in [5, 5.41) is 139. The summed E-state index contributed by atoms with van der Waals surface area (Å²) in [6.07, 6.45) is -20.9. The number of hydrogen-bond donors (Lipinski definition) is 13. The second kappa shape index (κ2) is 24.5. The maximum atomic E-state index is 13.0. The highest BCUT2D eigenvalue weighted by molar-refractivity contribution is 5.87. The Bertz CT molecular complexity index is 2750. The third-order valence-corrected chi connectivity index (χ3v) is 12.7. The van der Waals surface area contributed by atoms with E-state index in [-0.39, 0.29) is 51.4 Å². The molecule has 414 valence electrons. The Labute approximate surface area is 437 Å². The summed E-state index contributed by atoms with van der Waals surface area (Å²) in [5.41, 5.74) is 1.18. The third kappa shape index (κ3) is 13.0. The highest BCUT2D eigenvalue weighted by Gasteiger charge is 2.53. The lowest BCUT2D eigenvalue weighted by molar-refractivity contribution is -0.363. The number of allylic oxidation sites excluding steroid dienone is 2. The standard InChI is InChI=1S/C52H56O25/c1-68-33-16-24(4-13-30(33)57)6-15-39(59)70-22-37-42(62)45(65)49(77-51-47(67)44(64)41(61)36(75-51)21-69-38(58)14-5-23-2-9-26(54)10-3-23)52(76-37)73-34-19-29-31(71-48(34)25-7-11-27(55)12-8-25)17-28(56)18-32(29)72-50-46(66)43(63)40(60)35(20-53)74-50/h2-19,31,35-37,40-47,49-57,60-67H,20-22H2,1H3. The molecule has 25 heteroatoms. The second-order valence-corrected chi connectivity index (χ2v) is 18.0. The molecule has 25 nitrogen and oxygen atoms in total. The van der Waals surface area contributed by atoms with Crippen LogP contribution in [0, 0.1) is 0 Å². The zero-order valence-electron chi connectivity index (χ0n) is 40.5. The molecule has 0 saturated carbocycles. The summed E-state index contributed by atoms with van der Waals surface area (Å²) < 4.78 is 58.1. The van der Waals surface area contributed by atoms with Crippen LogP contribution in [0.1, 0.15) is 16.7 Å². The lowest BCUT2D eigenvalue weighted by Gasteiger charge is -2.46. The molecule has 3 saturated heterocycles. The van der Waals surface area contributed by atoms with E-state index in [1.165, 1.54) is 98.1 Å². The maximum Gasteiger partial charge on any atom is 0.330 e. The topological polar surface area (TPSA) is 389 Å². The molecule has 0 radical (unpaired) electrons. The molecule has 1 aliphatic carbocycles. The second-order valence-electron chi connectivity index (χ2n) is 18.0. The van der Waals surface area contributed by atoms with E-state index in [1.807, 2.05) is 0 Å². The van der Waals surface area contributed by atoms with Crippen LogP contribution in [0.4, 0.5) is 0 Å². The molecule has 5 aliphatic rings. The van der Waals surface area contributed by atoms with Crippen LogP contribution in [0.5, 0.6) is 23.0 Å². The fraction of sp³-hybridized carbons (Fsp3) is 0.385. The molecule has 0 amide bonds. The number of hydrogen-bond acceptors (Lipinski definition) is 25. The smallest absolute Gasteiger partial charge is 0.330 e. The predicted octanol–water partition coefficient (Wildman–Crippen LogP) is -0.869. The van der Waals surface area contributed by atoms with Crippen molar-refractivity contribution in [3.63, 3.8) is 0 Å². The molecule has 0 aromatic heterocycles. The van der Waals surface area contributed by atoms with Crippen LogP contribution < -0.4 is 4.74 Å². The summed E-state index contributed by atoms with van der Waals surface area (Å²) in [4.78, 5) is 25.7. The van der Waals surface area contributed by atoms with Gasteiger partial charge in [0.1, 0.15) is 109 Å². The molecule has 77 heavy (non-hydrogen) atoms. The molecule has 0 spiro atoms. The summed E-state index contributed by atoms with van der Waals surface area (Å²) >= 11 is 0. The number of benzene rings is 3. The number of aromatic hydroxyl groups is 3. The quantitative estimate of drug-likeness (QED) is 0.0577. The monoisotopic (exact) mass is 1080 g/mol. The Morgan fingerprint density at radius 2 is 1.14 bits per heavy atom. The average molecular weight is 1080 g/mol. The minimum atomic E-state index is -2.11. The zero-order valence-corrected chi connectivity index (χ0v) is 40.5. The third-order valence-electron chi connectivity index (χ3n) is 12.7. The Kier molecular flexibility index (Phi) is 17.9. The van der Waals surface area contributed by atoms with E-state index in [9.17, 15) is 76.0 Å². The number of methoxy groups -OCH3 is 1. The van der Waals surface area contributed by atoms with Crippen molar-refractivity contribution >= 4 is 29.8 Å². The molecule has 4 aliphatic heterocycles. The summed E-state index contributed by atoms with van der Waals surface area (Å²) in [6, 6.07) is 15.5. The van der Waals surface area contributed by atoms with E-state index in [4.69, 9.17) is 47.4 Å². The zero-order chi connectivity index (χ0) is 55.2. The first-order valence-corrected chi connectivity index (χ1v) is 23.7. The fourth-order valence-electron chi connectivity index (χ4n) is 8.46. The van der Waals surface area contributed by atoms with Crippen molar-refractivity contribution in [2.45, 2.75) is 98.2 Å². The largest absolute Gasteiger partial charge is 0.508 e. The highest BCUT2D eigenvalue weighted by Crippen LogP contribution is 2.41. The van der Waals surface area contributed by atoms with Crippen LogP contribution in [0.15, 0.2) is 120 Å². The first kappa shape index (κ1) is 56.1. The lowest BCUT2D eigenvalue weighted by atomic mass is 9.96. The molecular weight excluding hydrogens is 1020 g/mol. The van der Waals surface area contributed by atoms with Gasteiger partial charge in [-0.25, -0.2) is 9.59 Å². The van der Waals surface area contributed by atoms with Crippen LogP contribution >= 0.6 is 0 Å². The van der Waals surface area contributed by atoms with Crippen LogP contribution in [-0.2, 0) is 52.2 Å². The van der Waals surface area contributed by atoms with Gasteiger partial charge < -0.3 is 114 Å². The van der Waals surface area contributed by atoms with Crippen LogP contribution in [-0.4, -0.2) is 203 Å². The van der Waals surface area contributed by atoms with Gasteiger partial charge in [0.2, 0.25) is 12.6 Å². The van der Waals surface area contributed by atoms with E-state index in [0.717, 1.165) is 18.2 Å².